The van der Waals surface area contributed by atoms with Gasteiger partial charge in [-0.3, -0.25) is 13.6 Å². The van der Waals surface area contributed by atoms with Crippen molar-refractivity contribution in [1.29, 1.82) is 0 Å². The van der Waals surface area contributed by atoms with E-state index < -0.39 is 52.5 Å². The monoisotopic (exact) mass is 403 g/mol. The van der Waals surface area contributed by atoms with E-state index in [9.17, 15) is 19.0 Å². The number of ether oxygens (including phenoxy) is 1. The Kier molecular flexibility index (Phi) is 5.81. The lowest BCUT2D eigenvalue weighted by Crippen LogP contribution is -2.37. The van der Waals surface area contributed by atoms with Gasteiger partial charge >= 0.3 is 21.3 Å². The van der Waals surface area contributed by atoms with Gasteiger partial charge in [-0.1, -0.05) is 0 Å². The average molecular weight is 403 g/mol. The molecule has 0 amide bonds. The summed E-state index contributed by atoms with van der Waals surface area (Å²) in [5.74, 6) is -0.113. The van der Waals surface area contributed by atoms with Gasteiger partial charge in [-0.05, 0) is 6.07 Å². The van der Waals surface area contributed by atoms with Crippen LogP contribution < -0.4 is 11.4 Å². The molecule has 16 heteroatoms. The van der Waals surface area contributed by atoms with Crippen LogP contribution in [0.5, 0.6) is 0 Å². The molecule has 142 valence electrons. The van der Waals surface area contributed by atoms with Crippen molar-refractivity contribution in [3.63, 3.8) is 0 Å². The Hall–Kier alpha value is -1.18. The van der Waals surface area contributed by atoms with E-state index in [1.54, 1.807) is 0 Å². The van der Waals surface area contributed by atoms with E-state index in [1.807, 2.05) is 0 Å². The van der Waals surface area contributed by atoms with E-state index in [-0.39, 0.29) is 5.82 Å². The molecule has 0 radical (unpaired) electrons. The van der Waals surface area contributed by atoms with Crippen LogP contribution in [0, 0.1) is 0 Å². The van der Waals surface area contributed by atoms with Gasteiger partial charge in [0.2, 0.25) is 0 Å². The highest BCUT2D eigenvalue weighted by molar-refractivity contribution is 7.46. The predicted molar refractivity (Wildman–Crippen MR) is 77.7 cm³/mol. The third-order valence-corrected chi connectivity index (χ3v) is 4.10. The first-order valence-corrected chi connectivity index (χ1v) is 9.56. The zero-order valence-corrected chi connectivity index (χ0v) is 14.0. The Balaban J connectivity index is 2.30. The molecule has 1 aromatic heterocycles. The van der Waals surface area contributed by atoms with E-state index in [1.165, 1.54) is 6.07 Å². The van der Waals surface area contributed by atoms with Crippen LogP contribution in [0.25, 0.3) is 0 Å². The fourth-order valence-corrected chi connectivity index (χ4v) is 3.08. The number of aliphatic hydroxyl groups is 1. The second-order valence-corrected chi connectivity index (χ2v) is 7.38. The van der Waals surface area contributed by atoms with E-state index in [0.29, 0.717) is 0 Å². The third kappa shape index (κ3) is 5.39. The number of nitrogens with two attached hydrogens (primary N) is 1. The van der Waals surface area contributed by atoms with Crippen LogP contribution in [0.2, 0.25) is 0 Å². The molecule has 1 aromatic rings. The fraction of sp³-hybridized carbons (Fsp3) is 0.556. The number of nitrogens with zero attached hydrogens (tertiary/aromatic N) is 2. The Morgan fingerprint density at radius 3 is 2.44 bits per heavy atom. The quantitative estimate of drug-likeness (QED) is 0.274. The smallest absolute Gasteiger partial charge is 0.386 e. The van der Waals surface area contributed by atoms with Gasteiger partial charge in [0.05, 0.1) is 6.61 Å². The summed E-state index contributed by atoms with van der Waals surface area (Å²) in [4.78, 5) is 50.5. The van der Waals surface area contributed by atoms with Crippen molar-refractivity contribution in [2.75, 3.05) is 12.3 Å². The molecule has 0 spiro atoms. The van der Waals surface area contributed by atoms with Crippen molar-refractivity contribution in [3.05, 3.63) is 22.7 Å². The van der Waals surface area contributed by atoms with Crippen LogP contribution in [0.1, 0.15) is 6.23 Å². The van der Waals surface area contributed by atoms with Gasteiger partial charge < -0.3 is 35.2 Å². The van der Waals surface area contributed by atoms with Crippen LogP contribution in [-0.2, 0) is 22.9 Å². The minimum Gasteiger partial charge on any atom is -0.386 e. The van der Waals surface area contributed by atoms with E-state index in [4.69, 9.17) is 30.0 Å². The molecule has 2 rings (SSSR count). The Morgan fingerprint density at radius 1 is 1.28 bits per heavy atom. The van der Waals surface area contributed by atoms with E-state index >= 15 is 0 Å². The molecule has 0 bridgehead atoms. The van der Waals surface area contributed by atoms with Gasteiger partial charge in [0.25, 0.3) is 0 Å². The Bertz CT molecular complexity index is 772. The Morgan fingerprint density at radius 2 is 1.92 bits per heavy atom. The van der Waals surface area contributed by atoms with Crippen molar-refractivity contribution in [2.45, 2.75) is 24.5 Å². The standard InChI is InChI=1S/C9H15N3O11P2/c10-5-1-2-12(9(14)11-5)8-6(13)7(23-25(18,19)20)4(22-8)3-21-24(15,16)17/h1-2,4,6-8,13H,3H2,(H2,10,11,14)(H2,15,16,17)(H2,18,19,20)/t4-,6+,7-,8-/m1/s1. The van der Waals surface area contributed by atoms with Crippen molar-refractivity contribution in [1.82, 2.24) is 9.55 Å². The second-order valence-electron chi connectivity index (χ2n) is 4.94. The SMILES string of the molecule is Nc1ccn([C@@H]2O[C@H](COP(=O)(O)O)[C@@H](OP(=O)(O)O)[C@@H]2O)c(=O)n1. The first-order chi connectivity index (χ1) is 11.4. The summed E-state index contributed by atoms with van der Waals surface area (Å²) in [7, 11) is -10.0. The molecule has 1 saturated heterocycles. The summed E-state index contributed by atoms with van der Waals surface area (Å²) in [6, 6.07) is 1.20. The molecular formula is C9H15N3O11P2. The molecule has 1 fully saturated rings. The zero-order valence-electron chi connectivity index (χ0n) is 12.2. The first-order valence-electron chi connectivity index (χ1n) is 6.49. The highest BCUT2D eigenvalue weighted by Gasteiger charge is 2.49. The number of aliphatic hydroxyl groups excluding tert-OH is 1. The number of phosphoric ester groups is 2. The number of rotatable bonds is 6. The molecule has 1 aliphatic heterocycles. The summed E-state index contributed by atoms with van der Waals surface area (Å²) in [6.07, 6.45) is -5.45. The van der Waals surface area contributed by atoms with Gasteiger partial charge in [-0.15, -0.1) is 0 Å². The van der Waals surface area contributed by atoms with Crippen LogP contribution in [-0.4, -0.2) is 59.2 Å². The maximum atomic E-state index is 11.8. The molecule has 0 unspecified atom stereocenters. The van der Waals surface area contributed by atoms with Crippen molar-refractivity contribution in [2.24, 2.45) is 0 Å². The molecule has 4 atom stereocenters. The van der Waals surface area contributed by atoms with Gasteiger partial charge in [-0.2, -0.15) is 4.98 Å². The Labute approximate surface area is 139 Å². The lowest BCUT2D eigenvalue weighted by atomic mass is 10.1. The summed E-state index contributed by atoms with van der Waals surface area (Å²) in [6.45, 7) is -0.875. The summed E-state index contributed by atoms with van der Waals surface area (Å²) in [5, 5.41) is 10.2. The van der Waals surface area contributed by atoms with Gasteiger partial charge in [0.15, 0.2) is 6.23 Å². The maximum absolute atomic E-state index is 11.8. The normalized spacial score (nSPS) is 27.6. The van der Waals surface area contributed by atoms with Crippen molar-refractivity contribution >= 4 is 21.5 Å². The van der Waals surface area contributed by atoms with Gasteiger partial charge in [0.1, 0.15) is 24.1 Å². The number of aromatic nitrogens is 2. The number of phosphoric acid groups is 2. The number of hydrogen-bond acceptors (Lipinski definition) is 9. The van der Waals surface area contributed by atoms with Crippen LogP contribution in [0.4, 0.5) is 5.82 Å². The molecule has 2 heterocycles. The molecule has 0 saturated carbocycles. The number of nitrogen functional groups attached to an aromatic ring is 1. The van der Waals surface area contributed by atoms with Crippen LogP contribution in [0.15, 0.2) is 17.1 Å². The van der Waals surface area contributed by atoms with E-state index in [2.05, 4.69) is 14.0 Å². The van der Waals surface area contributed by atoms with E-state index in [0.717, 1.165) is 10.8 Å². The molecular weight excluding hydrogens is 388 g/mol. The van der Waals surface area contributed by atoms with Crippen molar-refractivity contribution < 1.29 is 47.6 Å². The third-order valence-electron chi connectivity index (χ3n) is 3.10. The molecule has 25 heavy (non-hydrogen) atoms. The van der Waals surface area contributed by atoms with Gasteiger partial charge in [0, 0.05) is 6.20 Å². The van der Waals surface area contributed by atoms with Gasteiger partial charge in [-0.25, -0.2) is 13.9 Å². The highest BCUT2D eigenvalue weighted by atomic mass is 31.2. The zero-order chi connectivity index (χ0) is 19.0. The first kappa shape index (κ1) is 20.1. The average Bonchev–Trinajstić information content (AvgIpc) is 2.72. The lowest BCUT2D eigenvalue weighted by molar-refractivity contribution is -0.0540. The summed E-state index contributed by atoms with van der Waals surface area (Å²) >= 11 is 0. The van der Waals surface area contributed by atoms with Crippen molar-refractivity contribution in [3.8, 4) is 0 Å². The predicted octanol–water partition coefficient (Wildman–Crippen LogP) is -2.33. The highest BCUT2D eigenvalue weighted by Crippen LogP contribution is 2.45. The van der Waals surface area contributed by atoms with Crippen LogP contribution in [0.3, 0.4) is 0 Å². The molecule has 0 aromatic carbocycles. The number of hydrogen-bond donors (Lipinski definition) is 6. The summed E-state index contributed by atoms with van der Waals surface area (Å²) < 4.78 is 36.5. The minimum absolute atomic E-state index is 0.113. The molecule has 1 aliphatic rings. The largest absolute Gasteiger partial charge is 0.470 e. The number of anilines is 1. The lowest BCUT2D eigenvalue weighted by Gasteiger charge is -2.20. The minimum atomic E-state index is -5.10. The topological polar surface area (TPSA) is 224 Å². The molecule has 0 aliphatic carbocycles. The van der Waals surface area contributed by atoms with Crippen LogP contribution >= 0.6 is 15.6 Å². The molecule has 7 N–H and O–H groups in total. The molecule has 14 nitrogen and oxygen atoms in total. The maximum Gasteiger partial charge on any atom is 0.470 e. The second kappa shape index (κ2) is 7.21. The summed E-state index contributed by atoms with van der Waals surface area (Å²) in [5.41, 5.74) is 4.40. The fourth-order valence-electron chi connectivity index (χ4n) is 2.16.